The molecule has 2 amide bonds. The zero-order valence-electron chi connectivity index (χ0n) is 18.9. The number of amides is 2. The van der Waals surface area contributed by atoms with Gasteiger partial charge in [0.15, 0.2) is 0 Å². The molecule has 186 valence electrons. The number of carbonyl (C=O) groups is 1. The van der Waals surface area contributed by atoms with Crippen molar-refractivity contribution in [2.75, 3.05) is 28.6 Å². The normalized spacial score (nSPS) is 16.2. The Morgan fingerprint density at radius 3 is 2.78 bits per heavy atom. The number of fused-ring (bicyclic) bond motifs is 1. The summed E-state index contributed by atoms with van der Waals surface area (Å²) in [4.78, 5) is 26.7. The molecule has 7 nitrogen and oxygen atoms in total. The van der Waals surface area contributed by atoms with Crippen LogP contribution in [0.25, 0.3) is 11.0 Å². The molecule has 2 aromatic heterocycles. The highest BCUT2D eigenvalue weighted by molar-refractivity contribution is 6.34. The molecule has 1 atom stereocenters. The van der Waals surface area contributed by atoms with Crippen molar-refractivity contribution in [2.24, 2.45) is 0 Å². The van der Waals surface area contributed by atoms with E-state index in [1.807, 2.05) is 30.5 Å². The number of urea groups is 1. The van der Waals surface area contributed by atoms with E-state index in [0.29, 0.717) is 5.69 Å². The maximum Gasteiger partial charge on any atom is 0.418 e. The molecule has 0 saturated carbocycles. The number of hydrogen-bond acceptors (Lipinski definition) is 4. The van der Waals surface area contributed by atoms with Gasteiger partial charge in [0, 0.05) is 30.9 Å². The molecule has 1 fully saturated rings. The number of H-pyrrole nitrogens is 1. The standard InChI is InChI=1S/C25H22ClF3N6O/c26-20-8-2-7-19(25(27,28)29)21(20)34-24(36)33-17-6-1-4-15(12-17)16-5-3-11-35(13-16)23-18-9-10-30-22(18)31-14-32-23/h1-2,4,6-10,12,14,16H,3,5,11,13H2,(H,30,31,32)(H2,33,34,36). The van der Waals surface area contributed by atoms with Crippen molar-refractivity contribution in [2.45, 2.75) is 24.9 Å². The first-order valence-corrected chi connectivity index (χ1v) is 11.7. The Kier molecular flexibility index (Phi) is 6.44. The van der Waals surface area contributed by atoms with Crippen LogP contribution in [0.2, 0.25) is 5.02 Å². The lowest BCUT2D eigenvalue weighted by Crippen LogP contribution is -2.35. The number of alkyl halides is 3. The predicted molar refractivity (Wildman–Crippen MR) is 134 cm³/mol. The van der Waals surface area contributed by atoms with Gasteiger partial charge in [-0.05, 0) is 48.7 Å². The van der Waals surface area contributed by atoms with Gasteiger partial charge in [-0.2, -0.15) is 13.2 Å². The zero-order chi connectivity index (χ0) is 25.3. The third kappa shape index (κ3) is 4.94. The fourth-order valence-corrected chi connectivity index (χ4v) is 4.81. The third-order valence-corrected chi connectivity index (χ3v) is 6.54. The molecule has 1 saturated heterocycles. The molecule has 11 heteroatoms. The number of piperidine rings is 1. The van der Waals surface area contributed by atoms with E-state index in [9.17, 15) is 18.0 Å². The van der Waals surface area contributed by atoms with Crippen LogP contribution in [0, 0.1) is 0 Å². The molecule has 1 aliphatic rings. The summed E-state index contributed by atoms with van der Waals surface area (Å²) in [6, 6.07) is 11.8. The number of aromatic amines is 1. The molecular weight excluding hydrogens is 493 g/mol. The second-order valence-corrected chi connectivity index (χ2v) is 8.99. The predicted octanol–water partition coefficient (Wildman–Crippen LogP) is 6.66. The summed E-state index contributed by atoms with van der Waals surface area (Å²) in [5, 5.41) is 5.64. The van der Waals surface area contributed by atoms with Gasteiger partial charge >= 0.3 is 12.2 Å². The van der Waals surface area contributed by atoms with Crippen LogP contribution in [0.1, 0.15) is 29.9 Å². The van der Waals surface area contributed by atoms with Crippen LogP contribution < -0.4 is 15.5 Å². The molecule has 3 N–H and O–H groups in total. The molecular formula is C25H22ClF3N6O. The van der Waals surface area contributed by atoms with Crippen LogP contribution >= 0.6 is 11.6 Å². The minimum atomic E-state index is -4.66. The Labute approximate surface area is 209 Å². The van der Waals surface area contributed by atoms with Crippen LogP contribution in [-0.2, 0) is 6.18 Å². The molecule has 2 aromatic carbocycles. The number of carbonyl (C=O) groups excluding carboxylic acids is 1. The summed E-state index contributed by atoms with van der Waals surface area (Å²) < 4.78 is 40.0. The largest absolute Gasteiger partial charge is 0.418 e. The zero-order valence-corrected chi connectivity index (χ0v) is 19.7. The van der Waals surface area contributed by atoms with Gasteiger partial charge < -0.3 is 20.5 Å². The van der Waals surface area contributed by atoms with Gasteiger partial charge in [-0.15, -0.1) is 0 Å². The number of aromatic nitrogens is 3. The van der Waals surface area contributed by atoms with E-state index in [1.165, 1.54) is 12.1 Å². The first-order valence-electron chi connectivity index (χ1n) is 11.4. The van der Waals surface area contributed by atoms with Crippen LogP contribution in [-0.4, -0.2) is 34.1 Å². The van der Waals surface area contributed by atoms with E-state index in [2.05, 4.69) is 30.5 Å². The summed E-state index contributed by atoms with van der Waals surface area (Å²) in [5.41, 5.74) is 0.779. The molecule has 36 heavy (non-hydrogen) atoms. The molecule has 1 aliphatic heterocycles. The highest BCUT2D eigenvalue weighted by atomic mass is 35.5. The Balaban J connectivity index is 1.31. The summed E-state index contributed by atoms with van der Waals surface area (Å²) >= 11 is 5.94. The van der Waals surface area contributed by atoms with Crippen molar-refractivity contribution in [3.05, 3.63) is 77.2 Å². The topological polar surface area (TPSA) is 85.9 Å². The summed E-state index contributed by atoms with van der Waals surface area (Å²) in [6.45, 7) is 1.61. The number of anilines is 3. The maximum atomic E-state index is 13.3. The Morgan fingerprint density at radius 2 is 1.94 bits per heavy atom. The number of nitrogens with zero attached hydrogens (tertiary/aromatic N) is 3. The van der Waals surface area contributed by atoms with Gasteiger partial charge in [0.2, 0.25) is 0 Å². The summed E-state index contributed by atoms with van der Waals surface area (Å²) in [5.74, 6) is 1.06. The van der Waals surface area contributed by atoms with Crippen molar-refractivity contribution in [3.63, 3.8) is 0 Å². The van der Waals surface area contributed by atoms with E-state index in [-0.39, 0.29) is 10.9 Å². The van der Waals surface area contributed by atoms with Crippen molar-refractivity contribution in [1.82, 2.24) is 15.0 Å². The summed E-state index contributed by atoms with van der Waals surface area (Å²) in [6.07, 6.45) is 0.651. The molecule has 5 rings (SSSR count). The van der Waals surface area contributed by atoms with E-state index in [4.69, 9.17) is 11.6 Å². The van der Waals surface area contributed by atoms with Crippen molar-refractivity contribution < 1.29 is 18.0 Å². The average molecular weight is 515 g/mol. The molecule has 0 radical (unpaired) electrons. The number of benzene rings is 2. The van der Waals surface area contributed by atoms with Crippen LogP contribution in [0.4, 0.5) is 35.2 Å². The van der Waals surface area contributed by atoms with Gasteiger partial charge in [0.25, 0.3) is 0 Å². The minimum Gasteiger partial charge on any atom is -0.355 e. The van der Waals surface area contributed by atoms with E-state index in [1.54, 1.807) is 12.4 Å². The van der Waals surface area contributed by atoms with Gasteiger partial charge in [-0.3, -0.25) is 0 Å². The number of para-hydroxylation sites is 1. The van der Waals surface area contributed by atoms with E-state index in [0.717, 1.165) is 54.4 Å². The number of halogens is 4. The monoisotopic (exact) mass is 514 g/mol. The molecule has 0 spiro atoms. The maximum absolute atomic E-state index is 13.3. The van der Waals surface area contributed by atoms with Gasteiger partial charge in [-0.25, -0.2) is 14.8 Å². The van der Waals surface area contributed by atoms with Crippen molar-refractivity contribution in [1.29, 1.82) is 0 Å². The van der Waals surface area contributed by atoms with E-state index >= 15 is 0 Å². The van der Waals surface area contributed by atoms with Gasteiger partial charge in [0.1, 0.15) is 17.8 Å². The molecule has 0 aliphatic carbocycles. The first kappa shape index (κ1) is 23.9. The molecule has 3 heterocycles. The lowest BCUT2D eigenvalue weighted by atomic mass is 9.90. The second-order valence-electron chi connectivity index (χ2n) is 8.59. The second kappa shape index (κ2) is 9.69. The molecule has 1 unspecified atom stereocenters. The van der Waals surface area contributed by atoms with Crippen LogP contribution in [0.5, 0.6) is 0 Å². The number of rotatable bonds is 4. The molecule has 0 bridgehead atoms. The van der Waals surface area contributed by atoms with E-state index < -0.39 is 23.5 Å². The smallest absolute Gasteiger partial charge is 0.355 e. The Bertz CT molecular complexity index is 1410. The number of nitrogens with one attached hydrogen (secondary N) is 3. The van der Waals surface area contributed by atoms with Gasteiger partial charge in [-0.1, -0.05) is 29.8 Å². The quantitative estimate of drug-likeness (QED) is 0.284. The molecule has 4 aromatic rings. The fraction of sp³-hybridized carbons (Fsp3) is 0.240. The average Bonchev–Trinajstić information content (AvgIpc) is 3.34. The van der Waals surface area contributed by atoms with Gasteiger partial charge in [0.05, 0.1) is 21.7 Å². The SMILES string of the molecule is O=C(Nc1cccc(C2CCCN(c3ncnc4[nH]ccc34)C2)c1)Nc1c(Cl)cccc1C(F)(F)F. The lowest BCUT2D eigenvalue weighted by Gasteiger charge is -2.34. The highest BCUT2D eigenvalue weighted by Gasteiger charge is 2.35. The summed E-state index contributed by atoms with van der Waals surface area (Å²) in [7, 11) is 0. The van der Waals surface area contributed by atoms with Crippen LogP contribution in [0.3, 0.4) is 0 Å². The fourth-order valence-electron chi connectivity index (χ4n) is 4.59. The minimum absolute atomic E-state index is 0.188. The van der Waals surface area contributed by atoms with Crippen molar-refractivity contribution in [3.8, 4) is 0 Å². The Morgan fingerprint density at radius 1 is 1.11 bits per heavy atom. The highest BCUT2D eigenvalue weighted by Crippen LogP contribution is 2.38. The lowest BCUT2D eigenvalue weighted by molar-refractivity contribution is -0.136. The Hall–Kier alpha value is -3.79. The van der Waals surface area contributed by atoms with Crippen molar-refractivity contribution >= 4 is 45.9 Å². The number of hydrogen-bond donors (Lipinski definition) is 3. The van der Waals surface area contributed by atoms with Crippen LogP contribution in [0.15, 0.2) is 61.1 Å². The third-order valence-electron chi connectivity index (χ3n) is 6.23. The first-order chi connectivity index (χ1) is 17.3.